The van der Waals surface area contributed by atoms with Gasteiger partial charge in [-0.15, -0.1) is 0 Å². The molecular formula is C29H28. The van der Waals surface area contributed by atoms with Crippen molar-refractivity contribution >= 4 is 0 Å². The highest BCUT2D eigenvalue weighted by atomic mass is 14.2. The van der Waals surface area contributed by atoms with Gasteiger partial charge in [-0.1, -0.05) is 84.9 Å². The quantitative estimate of drug-likeness (QED) is 0.340. The first kappa shape index (κ1) is 19.2. The second-order valence-corrected chi connectivity index (χ2v) is 7.99. The van der Waals surface area contributed by atoms with E-state index in [0.717, 1.165) is 6.42 Å². The third-order valence-electron chi connectivity index (χ3n) is 6.21. The lowest BCUT2D eigenvalue weighted by Gasteiger charge is -2.17. The molecule has 0 saturated heterocycles. The molecule has 0 bridgehead atoms. The molecule has 0 fully saturated rings. The summed E-state index contributed by atoms with van der Waals surface area (Å²) in [5.41, 5.74) is 13.5. The zero-order valence-corrected chi connectivity index (χ0v) is 17.8. The highest BCUT2D eigenvalue weighted by molar-refractivity contribution is 5.75. The van der Waals surface area contributed by atoms with Gasteiger partial charge in [0.1, 0.15) is 0 Å². The summed E-state index contributed by atoms with van der Waals surface area (Å²) in [6, 6.07) is 30.9. The maximum atomic E-state index is 2.27. The number of rotatable bonds is 4. The van der Waals surface area contributed by atoms with Crippen molar-refractivity contribution < 1.29 is 0 Å². The molecule has 0 heteroatoms. The second-order valence-electron chi connectivity index (χ2n) is 7.99. The van der Waals surface area contributed by atoms with Crippen LogP contribution in [-0.2, 0) is 6.42 Å². The van der Waals surface area contributed by atoms with Crippen LogP contribution in [0.25, 0.3) is 22.3 Å². The molecule has 0 aromatic heterocycles. The topological polar surface area (TPSA) is 0 Å². The Morgan fingerprint density at radius 3 is 1.24 bits per heavy atom. The van der Waals surface area contributed by atoms with Gasteiger partial charge < -0.3 is 0 Å². The minimum atomic E-state index is 0.924. The highest BCUT2D eigenvalue weighted by Crippen LogP contribution is 2.33. The Morgan fingerprint density at radius 1 is 0.414 bits per heavy atom. The maximum absolute atomic E-state index is 2.27. The first-order valence-electron chi connectivity index (χ1n) is 10.3. The van der Waals surface area contributed by atoms with Crippen molar-refractivity contribution in [2.75, 3.05) is 0 Å². The Kier molecular flexibility index (Phi) is 5.36. The summed E-state index contributed by atoms with van der Waals surface area (Å²) in [5, 5.41) is 0. The van der Waals surface area contributed by atoms with Gasteiger partial charge in [-0.3, -0.25) is 0 Å². The van der Waals surface area contributed by atoms with Crippen LogP contribution in [-0.4, -0.2) is 0 Å². The molecule has 4 aromatic rings. The molecule has 0 radical (unpaired) electrons. The number of hydrogen-bond acceptors (Lipinski definition) is 0. The molecule has 0 aliphatic heterocycles. The summed E-state index contributed by atoms with van der Waals surface area (Å²) in [6.07, 6.45) is 0.924. The number of hydrogen-bond donors (Lipinski definition) is 0. The maximum Gasteiger partial charge on any atom is -0.00135 e. The predicted octanol–water partition coefficient (Wildman–Crippen LogP) is 7.85. The number of benzene rings is 4. The van der Waals surface area contributed by atoms with Crippen LogP contribution in [0.3, 0.4) is 0 Å². The third-order valence-corrected chi connectivity index (χ3v) is 6.21. The lowest BCUT2D eigenvalue weighted by Crippen LogP contribution is -1.98. The summed E-state index contributed by atoms with van der Waals surface area (Å²) in [6.45, 7) is 8.84. The van der Waals surface area contributed by atoms with Crippen LogP contribution in [0.5, 0.6) is 0 Å². The minimum Gasteiger partial charge on any atom is -0.0619 e. The van der Waals surface area contributed by atoms with E-state index >= 15 is 0 Å². The predicted molar refractivity (Wildman–Crippen MR) is 126 cm³/mol. The molecule has 0 aliphatic rings. The van der Waals surface area contributed by atoms with Gasteiger partial charge in [-0.25, -0.2) is 0 Å². The molecule has 4 rings (SSSR count). The van der Waals surface area contributed by atoms with Crippen LogP contribution in [0, 0.1) is 27.7 Å². The van der Waals surface area contributed by atoms with E-state index in [-0.39, 0.29) is 0 Å². The second kappa shape index (κ2) is 8.09. The zero-order chi connectivity index (χ0) is 20.4. The van der Waals surface area contributed by atoms with Gasteiger partial charge in [0, 0.05) is 0 Å². The Labute approximate surface area is 174 Å². The first-order valence-corrected chi connectivity index (χ1v) is 10.3. The summed E-state index contributed by atoms with van der Waals surface area (Å²) in [7, 11) is 0. The van der Waals surface area contributed by atoms with Crippen LogP contribution in [0.15, 0.2) is 84.9 Å². The Morgan fingerprint density at radius 2 is 0.793 bits per heavy atom. The van der Waals surface area contributed by atoms with Crippen LogP contribution in [0.1, 0.15) is 33.4 Å². The monoisotopic (exact) mass is 376 g/mol. The fourth-order valence-corrected chi connectivity index (χ4v) is 4.17. The first-order chi connectivity index (χ1) is 14.1. The summed E-state index contributed by atoms with van der Waals surface area (Å²) >= 11 is 0. The van der Waals surface area contributed by atoms with E-state index in [1.54, 1.807) is 0 Å². The average Bonchev–Trinajstić information content (AvgIpc) is 2.73. The van der Waals surface area contributed by atoms with Crippen molar-refractivity contribution in [1.82, 2.24) is 0 Å². The minimum absolute atomic E-state index is 0.924. The molecule has 0 amide bonds. The smallest absolute Gasteiger partial charge is 0.00135 e. The zero-order valence-electron chi connectivity index (χ0n) is 17.8. The van der Waals surface area contributed by atoms with Crippen LogP contribution >= 0.6 is 0 Å². The standard InChI is InChI=1S/C29H28/c1-20-11-9-17-26(22(20)3)28-15-7-5-13-24(28)19-25-14-6-8-16-29(25)27-18-10-12-21(2)23(27)4/h5-18H,19H2,1-4H3. The van der Waals surface area contributed by atoms with Gasteiger partial charge in [0.15, 0.2) is 0 Å². The molecule has 0 spiro atoms. The van der Waals surface area contributed by atoms with Crippen molar-refractivity contribution in [1.29, 1.82) is 0 Å². The molecule has 4 aromatic carbocycles. The molecule has 0 unspecified atom stereocenters. The van der Waals surface area contributed by atoms with Crippen molar-refractivity contribution in [3.8, 4) is 22.3 Å². The fraction of sp³-hybridized carbons (Fsp3) is 0.172. The van der Waals surface area contributed by atoms with Gasteiger partial charge in [0.05, 0.1) is 0 Å². The molecule has 0 heterocycles. The van der Waals surface area contributed by atoms with Crippen molar-refractivity contribution in [2.24, 2.45) is 0 Å². The van der Waals surface area contributed by atoms with Gasteiger partial charge in [0.2, 0.25) is 0 Å². The Hall–Kier alpha value is -3.12. The van der Waals surface area contributed by atoms with E-state index in [0.29, 0.717) is 0 Å². The van der Waals surface area contributed by atoms with Gasteiger partial charge in [-0.2, -0.15) is 0 Å². The summed E-state index contributed by atoms with van der Waals surface area (Å²) in [4.78, 5) is 0. The van der Waals surface area contributed by atoms with E-state index < -0.39 is 0 Å². The van der Waals surface area contributed by atoms with Gasteiger partial charge in [-0.05, 0) is 89.8 Å². The SMILES string of the molecule is Cc1cccc(-c2ccccc2Cc2ccccc2-c2cccc(C)c2C)c1C. The van der Waals surface area contributed by atoms with E-state index in [9.17, 15) is 0 Å². The van der Waals surface area contributed by atoms with Crippen LogP contribution < -0.4 is 0 Å². The van der Waals surface area contributed by atoms with Crippen LogP contribution in [0.4, 0.5) is 0 Å². The normalized spacial score (nSPS) is 10.9. The molecule has 0 saturated carbocycles. The van der Waals surface area contributed by atoms with E-state index in [2.05, 4.69) is 113 Å². The fourth-order valence-electron chi connectivity index (χ4n) is 4.17. The molecule has 29 heavy (non-hydrogen) atoms. The van der Waals surface area contributed by atoms with Gasteiger partial charge in [0.25, 0.3) is 0 Å². The van der Waals surface area contributed by atoms with Gasteiger partial charge >= 0.3 is 0 Å². The molecule has 144 valence electrons. The molecule has 0 N–H and O–H groups in total. The largest absolute Gasteiger partial charge is 0.0619 e. The van der Waals surface area contributed by atoms with Crippen molar-refractivity contribution in [3.05, 3.63) is 118 Å². The summed E-state index contributed by atoms with van der Waals surface area (Å²) in [5.74, 6) is 0. The Bertz CT molecular complexity index is 1070. The summed E-state index contributed by atoms with van der Waals surface area (Å²) < 4.78 is 0. The molecule has 0 aliphatic carbocycles. The average molecular weight is 377 g/mol. The molecule has 0 nitrogen and oxygen atoms in total. The van der Waals surface area contributed by atoms with Crippen molar-refractivity contribution in [3.63, 3.8) is 0 Å². The Balaban J connectivity index is 1.82. The van der Waals surface area contributed by atoms with Crippen LogP contribution in [0.2, 0.25) is 0 Å². The van der Waals surface area contributed by atoms with Crippen molar-refractivity contribution in [2.45, 2.75) is 34.1 Å². The molecular weight excluding hydrogens is 348 g/mol. The molecule has 0 atom stereocenters. The number of aryl methyl sites for hydroxylation is 2. The lowest BCUT2D eigenvalue weighted by molar-refractivity contribution is 1.19. The van der Waals surface area contributed by atoms with E-state index in [1.807, 2.05) is 0 Å². The van der Waals surface area contributed by atoms with E-state index in [4.69, 9.17) is 0 Å². The van der Waals surface area contributed by atoms with E-state index in [1.165, 1.54) is 55.6 Å². The third kappa shape index (κ3) is 3.76. The highest BCUT2D eigenvalue weighted by Gasteiger charge is 2.13. The lowest BCUT2D eigenvalue weighted by atomic mass is 9.87.